The van der Waals surface area contributed by atoms with Crippen molar-refractivity contribution in [2.24, 2.45) is 5.92 Å². The Kier molecular flexibility index (Phi) is 5.00. The molecule has 5 heteroatoms. The molecule has 0 saturated carbocycles. The maximum Gasteiger partial charge on any atom is 0.253 e. The van der Waals surface area contributed by atoms with Gasteiger partial charge >= 0.3 is 0 Å². The van der Waals surface area contributed by atoms with Gasteiger partial charge in [0, 0.05) is 24.2 Å². The molecule has 0 radical (unpaired) electrons. The number of fused-ring (bicyclic) bond motifs is 1. The quantitative estimate of drug-likeness (QED) is 0.918. The van der Waals surface area contributed by atoms with Crippen LogP contribution in [-0.4, -0.2) is 35.0 Å². The molecule has 0 aliphatic carbocycles. The molecule has 128 valence electrons. The zero-order valence-electron chi connectivity index (χ0n) is 14.2. The maximum atomic E-state index is 12.7. The summed E-state index contributed by atoms with van der Waals surface area (Å²) in [6.45, 7) is 5.71. The molecule has 1 atom stereocenters. The van der Waals surface area contributed by atoms with E-state index < -0.39 is 0 Å². The van der Waals surface area contributed by atoms with Crippen molar-refractivity contribution in [1.82, 2.24) is 9.88 Å². The van der Waals surface area contributed by atoms with Crippen LogP contribution < -0.4 is 5.56 Å². The fraction of sp³-hybridized carbons (Fsp3) is 0.474. The fourth-order valence-corrected chi connectivity index (χ4v) is 3.16. The SMILES string of the molecule is CC(C)CN(Cc1cc2ccccc2[nH]c1=O)C(=O)C1CCCO1. The van der Waals surface area contributed by atoms with E-state index in [4.69, 9.17) is 4.74 Å². The second kappa shape index (κ2) is 7.18. The fourth-order valence-electron chi connectivity index (χ4n) is 3.16. The first-order chi connectivity index (χ1) is 11.5. The average molecular weight is 328 g/mol. The minimum atomic E-state index is -0.358. The highest BCUT2D eigenvalue weighted by Gasteiger charge is 2.29. The number of carbonyl (C=O) groups excluding carboxylic acids is 1. The van der Waals surface area contributed by atoms with E-state index in [1.807, 2.05) is 30.3 Å². The van der Waals surface area contributed by atoms with Gasteiger partial charge in [0.05, 0.1) is 6.54 Å². The molecule has 5 nitrogen and oxygen atoms in total. The predicted molar refractivity (Wildman–Crippen MR) is 93.8 cm³/mol. The molecular weight excluding hydrogens is 304 g/mol. The molecule has 1 saturated heterocycles. The van der Waals surface area contributed by atoms with E-state index in [2.05, 4.69) is 18.8 Å². The van der Waals surface area contributed by atoms with Gasteiger partial charge in [-0.1, -0.05) is 32.0 Å². The van der Waals surface area contributed by atoms with Crippen molar-refractivity contribution in [1.29, 1.82) is 0 Å². The van der Waals surface area contributed by atoms with Crippen LogP contribution in [-0.2, 0) is 16.1 Å². The monoisotopic (exact) mass is 328 g/mol. The molecule has 1 aliphatic heterocycles. The molecule has 1 fully saturated rings. The summed E-state index contributed by atoms with van der Waals surface area (Å²) in [5, 5.41) is 0.973. The first-order valence-electron chi connectivity index (χ1n) is 8.56. The Bertz CT molecular complexity index is 776. The van der Waals surface area contributed by atoms with Gasteiger partial charge in [-0.2, -0.15) is 0 Å². The third-order valence-corrected chi connectivity index (χ3v) is 4.29. The number of carbonyl (C=O) groups is 1. The van der Waals surface area contributed by atoms with Crippen LogP contribution in [0, 0.1) is 5.92 Å². The van der Waals surface area contributed by atoms with E-state index in [1.54, 1.807) is 4.90 Å². The predicted octanol–water partition coefficient (Wildman–Crippen LogP) is 2.69. The Morgan fingerprint density at radius 1 is 1.38 bits per heavy atom. The Hall–Kier alpha value is -2.14. The second-order valence-corrected chi connectivity index (χ2v) is 6.83. The summed E-state index contributed by atoms with van der Waals surface area (Å²) in [7, 11) is 0. The molecule has 1 aromatic heterocycles. The largest absolute Gasteiger partial charge is 0.368 e. The van der Waals surface area contributed by atoms with Crippen molar-refractivity contribution in [3.05, 3.63) is 46.2 Å². The van der Waals surface area contributed by atoms with Crippen LogP contribution in [0.1, 0.15) is 32.3 Å². The molecule has 1 aromatic carbocycles. The summed E-state index contributed by atoms with van der Waals surface area (Å²) < 4.78 is 5.54. The lowest BCUT2D eigenvalue weighted by Crippen LogP contribution is -2.41. The molecule has 1 amide bonds. The lowest BCUT2D eigenvalue weighted by molar-refractivity contribution is -0.142. The molecule has 2 aromatic rings. The molecule has 1 aliphatic rings. The van der Waals surface area contributed by atoms with E-state index in [9.17, 15) is 9.59 Å². The van der Waals surface area contributed by atoms with Crippen LogP contribution >= 0.6 is 0 Å². The number of aromatic nitrogens is 1. The van der Waals surface area contributed by atoms with Gasteiger partial charge < -0.3 is 14.6 Å². The number of aromatic amines is 1. The van der Waals surface area contributed by atoms with E-state index in [0.29, 0.717) is 31.2 Å². The van der Waals surface area contributed by atoms with Crippen LogP contribution in [0.3, 0.4) is 0 Å². The zero-order chi connectivity index (χ0) is 17.1. The van der Waals surface area contributed by atoms with Crippen molar-refractivity contribution in [3.63, 3.8) is 0 Å². The van der Waals surface area contributed by atoms with Gasteiger partial charge in [0.2, 0.25) is 0 Å². The van der Waals surface area contributed by atoms with Crippen LogP contribution in [0.4, 0.5) is 0 Å². The standard InChI is InChI=1S/C19H24N2O3/c1-13(2)11-21(19(23)17-8-5-9-24-17)12-15-10-14-6-3-4-7-16(14)20-18(15)22/h3-4,6-7,10,13,17H,5,8-9,11-12H2,1-2H3,(H,20,22). The molecule has 0 bridgehead atoms. The second-order valence-electron chi connectivity index (χ2n) is 6.83. The Morgan fingerprint density at radius 2 is 2.17 bits per heavy atom. The van der Waals surface area contributed by atoms with Crippen molar-refractivity contribution >= 4 is 16.8 Å². The Labute approximate surface area is 141 Å². The number of H-pyrrole nitrogens is 1. The lowest BCUT2D eigenvalue weighted by atomic mass is 10.1. The summed E-state index contributed by atoms with van der Waals surface area (Å²) in [6.07, 6.45) is 1.33. The number of benzene rings is 1. The number of para-hydroxylation sites is 1. The number of ether oxygens (including phenoxy) is 1. The van der Waals surface area contributed by atoms with Crippen molar-refractivity contribution in [3.8, 4) is 0 Å². The smallest absolute Gasteiger partial charge is 0.253 e. The molecule has 1 unspecified atom stereocenters. The van der Waals surface area contributed by atoms with Gasteiger partial charge in [-0.25, -0.2) is 0 Å². The van der Waals surface area contributed by atoms with Crippen molar-refractivity contribution in [2.75, 3.05) is 13.2 Å². The van der Waals surface area contributed by atoms with E-state index in [1.165, 1.54) is 0 Å². The number of amides is 1. The number of nitrogens with zero attached hydrogens (tertiary/aromatic N) is 1. The highest BCUT2D eigenvalue weighted by atomic mass is 16.5. The minimum Gasteiger partial charge on any atom is -0.368 e. The Balaban J connectivity index is 1.87. The molecule has 3 rings (SSSR count). The number of rotatable bonds is 5. The first kappa shape index (κ1) is 16.7. The normalized spacial score (nSPS) is 17.5. The molecule has 0 spiro atoms. The molecular formula is C19H24N2O3. The average Bonchev–Trinajstić information content (AvgIpc) is 3.08. The zero-order valence-corrected chi connectivity index (χ0v) is 14.2. The molecule has 1 N–H and O–H groups in total. The Morgan fingerprint density at radius 3 is 2.88 bits per heavy atom. The summed E-state index contributed by atoms with van der Waals surface area (Å²) in [4.78, 5) is 29.8. The highest BCUT2D eigenvalue weighted by molar-refractivity contribution is 5.82. The van der Waals surface area contributed by atoms with E-state index in [-0.39, 0.29) is 17.6 Å². The number of nitrogens with one attached hydrogen (secondary N) is 1. The van der Waals surface area contributed by atoms with Gasteiger partial charge in [-0.05, 0) is 36.3 Å². The molecule has 2 heterocycles. The summed E-state index contributed by atoms with van der Waals surface area (Å²) in [5.41, 5.74) is 1.29. The number of hydrogen-bond acceptors (Lipinski definition) is 3. The van der Waals surface area contributed by atoms with Gasteiger partial charge in [-0.15, -0.1) is 0 Å². The number of pyridine rings is 1. The van der Waals surface area contributed by atoms with Gasteiger partial charge in [0.1, 0.15) is 6.10 Å². The van der Waals surface area contributed by atoms with Crippen molar-refractivity contribution in [2.45, 2.75) is 39.3 Å². The summed E-state index contributed by atoms with van der Waals surface area (Å²) in [6, 6.07) is 9.55. The topological polar surface area (TPSA) is 62.4 Å². The molecule has 24 heavy (non-hydrogen) atoms. The highest BCUT2D eigenvalue weighted by Crippen LogP contribution is 2.18. The third kappa shape index (κ3) is 3.67. The maximum absolute atomic E-state index is 12.7. The first-order valence-corrected chi connectivity index (χ1v) is 8.56. The van der Waals surface area contributed by atoms with Gasteiger partial charge in [0.25, 0.3) is 11.5 Å². The third-order valence-electron chi connectivity index (χ3n) is 4.29. The van der Waals surface area contributed by atoms with Crippen LogP contribution in [0.5, 0.6) is 0 Å². The van der Waals surface area contributed by atoms with Crippen LogP contribution in [0.25, 0.3) is 10.9 Å². The van der Waals surface area contributed by atoms with Gasteiger partial charge in [0.15, 0.2) is 0 Å². The lowest BCUT2D eigenvalue weighted by Gasteiger charge is -2.27. The summed E-state index contributed by atoms with van der Waals surface area (Å²) >= 11 is 0. The minimum absolute atomic E-state index is 0.00578. The van der Waals surface area contributed by atoms with Crippen LogP contribution in [0.15, 0.2) is 35.1 Å². The van der Waals surface area contributed by atoms with Crippen molar-refractivity contribution < 1.29 is 9.53 Å². The summed E-state index contributed by atoms with van der Waals surface area (Å²) in [5.74, 6) is 0.323. The van der Waals surface area contributed by atoms with Gasteiger partial charge in [-0.3, -0.25) is 9.59 Å². The van der Waals surface area contributed by atoms with E-state index >= 15 is 0 Å². The van der Waals surface area contributed by atoms with E-state index in [0.717, 1.165) is 23.7 Å². The number of hydrogen-bond donors (Lipinski definition) is 1. The van der Waals surface area contributed by atoms with Crippen LogP contribution in [0.2, 0.25) is 0 Å².